The second-order valence-electron chi connectivity index (χ2n) is 17.5. The summed E-state index contributed by atoms with van der Waals surface area (Å²) in [6.07, 6.45) is 0. The Morgan fingerprint density at radius 1 is 0.290 bits per heavy atom. The van der Waals surface area contributed by atoms with Crippen molar-refractivity contribution in [3.63, 3.8) is 0 Å². The Bertz CT molecular complexity index is 4290. The van der Waals surface area contributed by atoms with Gasteiger partial charge in [0.1, 0.15) is 16.7 Å². The molecule has 4 heterocycles. The number of furan rings is 2. The summed E-state index contributed by atoms with van der Waals surface area (Å²) in [7, 11) is 0. The van der Waals surface area contributed by atoms with Crippen LogP contribution in [0.1, 0.15) is 0 Å². The van der Waals surface area contributed by atoms with Gasteiger partial charge in [-0.2, -0.15) is 0 Å². The molecule has 0 radical (unpaired) electrons. The maximum absolute atomic E-state index is 7.10. The van der Waals surface area contributed by atoms with Gasteiger partial charge >= 0.3 is 0 Å². The SMILES string of the molecule is c1ccc(-c2ccc(-c3nc(-c4ccccc4)nc(-c4cccc5c4oc4c(-c6cccc7oc8c(-n9c%10ccccc%10c%10cc(-c%11ccccc%11)ccc%109)cccc8c67)cccc45)n3)cc2)cc1. The lowest BCUT2D eigenvalue weighted by Crippen LogP contribution is -2.00. The fraction of sp³-hybridized carbons (Fsp3) is 0. The second-order valence-corrected chi connectivity index (χ2v) is 17.5. The fourth-order valence-electron chi connectivity index (χ4n) is 10.3. The highest BCUT2D eigenvalue weighted by atomic mass is 16.3. The third-order valence-electron chi connectivity index (χ3n) is 13.5. The van der Waals surface area contributed by atoms with Gasteiger partial charge in [0, 0.05) is 49.0 Å². The van der Waals surface area contributed by atoms with E-state index in [0.717, 1.165) is 94.0 Å². The van der Waals surface area contributed by atoms with Crippen molar-refractivity contribution in [1.82, 2.24) is 19.5 Å². The number of para-hydroxylation sites is 4. The van der Waals surface area contributed by atoms with E-state index >= 15 is 0 Å². The Morgan fingerprint density at radius 2 is 0.783 bits per heavy atom. The quantitative estimate of drug-likeness (QED) is 0.159. The molecular formula is C63H38N4O2. The Morgan fingerprint density at radius 3 is 1.52 bits per heavy atom. The van der Waals surface area contributed by atoms with Crippen molar-refractivity contribution in [2.45, 2.75) is 0 Å². The zero-order chi connectivity index (χ0) is 45.4. The molecule has 6 heteroatoms. The molecule has 0 aliphatic heterocycles. The van der Waals surface area contributed by atoms with Gasteiger partial charge in [-0.25, -0.2) is 15.0 Å². The van der Waals surface area contributed by atoms with E-state index in [4.69, 9.17) is 23.8 Å². The molecule has 0 saturated heterocycles. The van der Waals surface area contributed by atoms with E-state index in [-0.39, 0.29) is 0 Å². The fourth-order valence-corrected chi connectivity index (χ4v) is 10.3. The number of benzene rings is 10. The van der Waals surface area contributed by atoms with E-state index in [1.165, 1.54) is 21.9 Å². The normalized spacial score (nSPS) is 11.8. The van der Waals surface area contributed by atoms with Gasteiger partial charge in [-0.05, 0) is 64.2 Å². The first-order chi connectivity index (χ1) is 34.2. The van der Waals surface area contributed by atoms with Crippen molar-refractivity contribution in [3.8, 4) is 73.2 Å². The first kappa shape index (κ1) is 38.8. The number of aromatic nitrogens is 4. The second kappa shape index (κ2) is 15.6. The third kappa shape index (κ3) is 6.30. The maximum Gasteiger partial charge on any atom is 0.167 e. The Hall–Kier alpha value is -9.39. The molecule has 0 unspecified atom stereocenters. The molecule has 69 heavy (non-hydrogen) atoms. The molecule has 0 saturated carbocycles. The molecule has 0 atom stereocenters. The minimum atomic E-state index is 0.536. The standard InChI is InChI=1S/C63H38N4O2/c1-4-16-39(17-5-1)41-32-34-43(35-33-41)62-64-61(42-20-8-3-9-21-42)65-63(66-62)51-28-13-26-49-48-25-12-24-47(58(48)69-59(49)51)46-23-15-31-56-57(46)50-27-14-30-55(60(50)68-56)67-53-29-11-10-22-45(53)52-38-44(36-37-54(52)67)40-18-6-2-7-19-40/h1-38H. The summed E-state index contributed by atoms with van der Waals surface area (Å²) in [5.74, 6) is 1.71. The number of nitrogens with zero attached hydrogens (tertiary/aromatic N) is 4. The molecule has 0 N–H and O–H groups in total. The Labute approximate surface area is 396 Å². The largest absolute Gasteiger partial charge is 0.455 e. The van der Waals surface area contributed by atoms with E-state index in [1.807, 2.05) is 42.5 Å². The van der Waals surface area contributed by atoms with E-state index in [1.54, 1.807) is 0 Å². The predicted octanol–water partition coefficient (Wildman–Crippen LogP) is 16.8. The van der Waals surface area contributed by atoms with E-state index in [9.17, 15) is 0 Å². The molecule has 14 aromatic rings. The average Bonchev–Trinajstić information content (AvgIpc) is 4.11. The monoisotopic (exact) mass is 882 g/mol. The molecule has 0 aliphatic carbocycles. The molecule has 0 aliphatic rings. The van der Waals surface area contributed by atoms with Crippen LogP contribution < -0.4 is 0 Å². The highest BCUT2D eigenvalue weighted by molar-refractivity contribution is 6.20. The summed E-state index contributed by atoms with van der Waals surface area (Å²) < 4.78 is 16.4. The van der Waals surface area contributed by atoms with Crippen LogP contribution in [-0.2, 0) is 0 Å². The van der Waals surface area contributed by atoms with Gasteiger partial charge in [-0.3, -0.25) is 0 Å². The lowest BCUT2D eigenvalue weighted by molar-refractivity contribution is 0.666. The van der Waals surface area contributed by atoms with Crippen LogP contribution in [0.4, 0.5) is 0 Å². The molecule has 14 rings (SSSR count). The van der Waals surface area contributed by atoms with Crippen molar-refractivity contribution in [1.29, 1.82) is 0 Å². The number of fused-ring (bicyclic) bond motifs is 9. The lowest BCUT2D eigenvalue weighted by atomic mass is 9.97. The van der Waals surface area contributed by atoms with Crippen molar-refractivity contribution >= 4 is 65.7 Å². The molecule has 6 nitrogen and oxygen atoms in total. The van der Waals surface area contributed by atoms with Crippen LogP contribution in [0, 0.1) is 0 Å². The van der Waals surface area contributed by atoms with Gasteiger partial charge < -0.3 is 13.4 Å². The molecule has 0 amide bonds. The Kier molecular flexibility index (Phi) is 8.79. The van der Waals surface area contributed by atoms with Gasteiger partial charge in [0.05, 0.1) is 22.3 Å². The molecule has 4 aromatic heterocycles. The zero-order valence-corrected chi connectivity index (χ0v) is 37.0. The first-order valence-electron chi connectivity index (χ1n) is 23.2. The van der Waals surface area contributed by atoms with Crippen LogP contribution in [0.25, 0.3) is 139 Å². The molecule has 0 bridgehead atoms. The highest BCUT2D eigenvalue weighted by Crippen LogP contribution is 2.45. The highest BCUT2D eigenvalue weighted by Gasteiger charge is 2.23. The van der Waals surface area contributed by atoms with Crippen molar-refractivity contribution < 1.29 is 8.83 Å². The van der Waals surface area contributed by atoms with Crippen LogP contribution >= 0.6 is 0 Å². The molecule has 0 fully saturated rings. The zero-order valence-electron chi connectivity index (χ0n) is 37.0. The number of hydrogen-bond donors (Lipinski definition) is 0. The summed E-state index contributed by atoms with van der Waals surface area (Å²) in [6, 6.07) is 80.2. The van der Waals surface area contributed by atoms with Crippen molar-refractivity contribution in [3.05, 3.63) is 231 Å². The van der Waals surface area contributed by atoms with E-state index < -0.39 is 0 Å². The van der Waals surface area contributed by atoms with E-state index in [2.05, 4.69) is 193 Å². The van der Waals surface area contributed by atoms with Crippen LogP contribution in [-0.4, -0.2) is 19.5 Å². The first-order valence-corrected chi connectivity index (χ1v) is 23.2. The Balaban J connectivity index is 0.926. The molecule has 0 spiro atoms. The summed E-state index contributed by atoms with van der Waals surface area (Å²) in [5, 5.41) is 6.43. The smallest absolute Gasteiger partial charge is 0.167 e. The average molecular weight is 883 g/mol. The minimum Gasteiger partial charge on any atom is -0.455 e. The van der Waals surface area contributed by atoms with Crippen LogP contribution in [0.2, 0.25) is 0 Å². The number of hydrogen-bond acceptors (Lipinski definition) is 5. The summed E-state index contributed by atoms with van der Waals surface area (Å²) in [6.45, 7) is 0. The number of rotatable bonds is 7. The van der Waals surface area contributed by atoms with Crippen LogP contribution in [0.3, 0.4) is 0 Å². The van der Waals surface area contributed by atoms with Crippen LogP contribution in [0.15, 0.2) is 239 Å². The van der Waals surface area contributed by atoms with Gasteiger partial charge in [-0.15, -0.1) is 0 Å². The van der Waals surface area contributed by atoms with Gasteiger partial charge in [-0.1, -0.05) is 194 Å². The van der Waals surface area contributed by atoms with Gasteiger partial charge in [0.15, 0.2) is 23.1 Å². The molecule has 322 valence electrons. The van der Waals surface area contributed by atoms with E-state index in [0.29, 0.717) is 23.1 Å². The maximum atomic E-state index is 7.10. The third-order valence-corrected chi connectivity index (χ3v) is 13.5. The van der Waals surface area contributed by atoms with Crippen molar-refractivity contribution in [2.75, 3.05) is 0 Å². The lowest BCUT2D eigenvalue weighted by Gasteiger charge is -2.09. The molecule has 10 aromatic carbocycles. The van der Waals surface area contributed by atoms with Crippen LogP contribution in [0.5, 0.6) is 0 Å². The topological polar surface area (TPSA) is 69.9 Å². The van der Waals surface area contributed by atoms with Gasteiger partial charge in [0.25, 0.3) is 0 Å². The molecular weight excluding hydrogens is 845 g/mol. The summed E-state index contributed by atoms with van der Waals surface area (Å²) in [5.41, 5.74) is 15.6. The summed E-state index contributed by atoms with van der Waals surface area (Å²) >= 11 is 0. The predicted molar refractivity (Wildman–Crippen MR) is 281 cm³/mol. The summed E-state index contributed by atoms with van der Waals surface area (Å²) in [4.78, 5) is 15.3. The van der Waals surface area contributed by atoms with Gasteiger partial charge in [0.2, 0.25) is 0 Å². The minimum absolute atomic E-state index is 0.536. The van der Waals surface area contributed by atoms with Crippen molar-refractivity contribution in [2.24, 2.45) is 0 Å².